The standard InChI is InChI=1S/C27H28N2O6/c1-17-13-29(26(32)28-24(17)31)25-21-18(2)22(30)27(35-25,16-33-14-19-9-5-3-6-10-19)23(21)34-15-20-11-7-4-8-12-20/h3-13,18,21,23,25H,14-16H2,1-2H3,(H,28,31,32)/t18-,21+,23-,25+,27-/m0/s1. The molecule has 8 nitrogen and oxygen atoms in total. The maximum atomic E-state index is 13.5. The normalized spacial score (nSPS) is 27.4. The molecule has 0 unspecified atom stereocenters. The van der Waals surface area contributed by atoms with Crippen molar-refractivity contribution in [1.82, 2.24) is 9.55 Å². The van der Waals surface area contributed by atoms with Crippen molar-refractivity contribution in [2.75, 3.05) is 6.61 Å². The molecule has 5 rings (SSSR count). The topological polar surface area (TPSA) is 99.6 Å². The Kier molecular flexibility index (Phi) is 6.27. The zero-order chi connectivity index (χ0) is 24.6. The van der Waals surface area contributed by atoms with Gasteiger partial charge in [0.15, 0.2) is 11.4 Å². The zero-order valence-electron chi connectivity index (χ0n) is 19.7. The minimum Gasteiger partial charge on any atom is -0.373 e. The van der Waals surface area contributed by atoms with Gasteiger partial charge in [0.1, 0.15) is 12.3 Å². The summed E-state index contributed by atoms with van der Waals surface area (Å²) in [7, 11) is 0. The Hall–Kier alpha value is -3.33. The molecule has 2 bridgehead atoms. The summed E-state index contributed by atoms with van der Waals surface area (Å²) in [5, 5.41) is 0. The molecule has 1 saturated heterocycles. The van der Waals surface area contributed by atoms with Crippen LogP contribution in [0.1, 0.15) is 29.8 Å². The van der Waals surface area contributed by atoms with E-state index in [-0.39, 0.29) is 19.0 Å². The Bertz CT molecular complexity index is 1320. The fourth-order valence-electron chi connectivity index (χ4n) is 5.19. The van der Waals surface area contributed by atoms with Crippen LogP contribution in [0.25, 0.3) is 0 Å². The van der Waals surface area contributed by atoms with Gasteiger partial charge in [-0.2, -0.15) is 0 Å². The van der Waals surface area contributed by atoms with Crippen molar-refractivity contribution < 1.29 is 19.0 Å². The molecule has 2 aliphatic rings. The minimum absolute atomic E-state index is 0.00535. The van der Waals surface area contributed by atoms with Crippen LogP contribution in [-0.2, 0) is 32.2 Å². The van der Waals surface area contributed by atoms with Crippen molar-refractivity contribution >= 4 is 5.78 Å². The lowest BCUT2D eigenvalue weighted by atomic mass is 9.94. The summed E-state index contributed by atoms with van der Waals surface area (Å²) in [5.41, 5.74) is -0.0696. The summed E-state index contributed by atoms with van der Waals surface area (Å²) in [6, 6.07) is 19.4. The first-order valence-corrected chi connectivity index (χ1v) is 11.7. The zero-order valence-corrected chi connectivity index (χ0v) is 19.7. The number of carbonyl (C=O) groups is 1. The second-order valence-corrected chi connectivity index (χ2v) is 9.30. The Morgan fingerprint density at radius 1 is 0.971 bits per heavy atom. The molecule has 1 aliphatic carbocycles. The molecule has 1 N–H and O–H groups in total. The molecular weight excluding hydrogens is 448 g/mol. The van der Waals surface area contributed by atoms with E-state index in [4.69, 9.17) is 14.2 Å². The third-order valence-corrected chi connectivity index (χ3v) is 7.00. The monoisotopic (exact) mass is 476 g/mol. The van der Waals surface area contributed by atoms with Gasteiger partial charge in [0.05, 0.1) is 19.8 Å². The van der Waals surface area contributed by atoms with Crippen molar-refractivity contribution in [2.24, 2.45) is 11.8 Å². The summed E-state index contributed by atoms with van der Waals surface area (Å²) in [5.74, 6) is -0.942. The molecule has 2 fully saturated rings. The van der Waals surface area contributed by atoms with Crippen LogP contribution < -0.4 is 11.2 Å². The maximum absolute atomic E-state index is 13.5. The molecule has 2 aromatic carbocycles. The van der Waals surface area contributed by atoms with E-state index in [9.17, 15) is 14.4 Å². The first-order chi connectivity index (χ1) is 16.9. The molecule has 1 aliphatic heterocycles. The number of rotatable bonds is 8. The maximum Gasteiger partial charge on any atom is 0.330 e. The highest BCUT2D eigenvalue weighted by Gasteiger charge is 2.70. The van der Waals surface area contributed by atoms with Gasteiger partial charge >= 0.3 is 5.69 Å². The van der Waals surface area contributed by atoms with E-state index >= 15 is 0 Å². The number of nitrogens with one attached hydrogen (secondary N) is 1. The van der Waals surface area contributed by atoms with Crippen LogP contribution in [-0.4, -0.2) is 33.6 Å². The predicted molar refractivity (Wildman–Crippen MR) is 128 cm³/mol. The number of hydrogen-bond acceptors (Lipinski definition) is 6. The molecular formula is C27H28N2O6. The highest BCUT2D eigenvalue weighted by atomic mass is 16.6. The third kappa shape index (κ3) is 4.18. The number of carbonyl (C=O) groups excluding carboxylic acids is 1. The van der Waals surface area contributed by atoms with Gasteiger partial charge in [-0.3, -0.25) is 19.1 Å². The number of nitrogens with zero attached hydrogens (tertiary/aromatic N) is 1. The van der Waals surface area contributed by atoms with E-state index < -0.39 is 41.0 Å². The molecule has 0 amide bonds. The minimum atomic E-state index is -1.36. The van der Waals surface area contributed by atoms with Gasteiger partial charge in [0.2, 0.25) is 0 Å². The highest BCUT2D eigenvalue weighted by molar-refractivity contribution is 5.94. The number of ether oxygens (including phenoxy) is 3. The summed E-state index contributed by atoms with van der Waals surface area (Å²) in [4.78, 5) is 40.5. The predicted octanol–water partition coefficient (Wildman–Crippen LogP) is 2.75. The number of Topliss-reactive ketones (excluding diaryl/α,β-unsaturated/α-hetero) is 1. The molecule has 0 spiro atoms. The Balaban J connectivity index is 1.47. The number of benzene rings is 2. The van der Waals surface area contributed by atoms with Gasteiger partial charge in [0, 0.05) is 23.6 Å². The molecule has 5 atom stereocenters. The second-order valence-electron chi connectivity index (χ2n) is 9.30. The van der Waals surface area contributed by atoms with Crippen LogP contribution in [0.5, 0.6) is 0 Å². The fraction of sp³-hybridized carbons (Fsp3) is 0.370. The number of H-pyrrole nitrogens is 1. The number of aromatic nitrogens is 2. The summed E-state index contributed by atoms with van der Waals surface area (Å²) in [6.45, 7) is 4.06. The fourth-order valence-corrected chi connectivity index (χ4v) is 5.19. The molecule has 35 heavy (non-hydrogen) atoms. The number of fused-ring (bicyclic) bond motifs is 2. The lowest BCUT2D eigenvalue weighted by Gasteiger charge is -2.33. The number of aromatic amines is 1. The Morgan fingerprint density at radius 3 is 2.26 bits per heavy atom. The van der Waals surface area contributed by atoms with E-state index in [1.807, 2.05) is 67.6 Å². The first kappa shape index (κ1) is 23.4. The van der Waals surface area contributed by atoms with Gasteiger partial charge in [-0.25, -0.2) is 4.79 Å². The lowest BCUT2D eigenvalue weighted by molar-refractivity contribution is -0.181. The number of aryl methyl sites for hydroxylation is 1. The van der Waals surface area contributed by atoms with E-state index in [2.05, 4.69) is 4.98 Å². The van der Waals surface area contributed by atoms with E-state index in [0.717, 1.165) is 11.1 Å². The SMILES string of the molecule is Cc1cn([C@@H]2O[C@@]3(COCc4ccccc4)C(=O)[C@@H](C)[C@@H]2[C@@H]3OCc2ccccc2)c(=O)[nH]c1=O. The van der Waals surface area contributed by atoms with Gasteiger partial charge in [0.25, 0.3) is 5.56 Å². The van der Waals surface area contributed by atoms with Crippen LogP contribution >= 0.6 is 0 Å². The average molecular weight is 477 g/mol. The van der Waals surface area contributed by atoms with Crippen LogP contribution in [0.3, 0.4) is 0 Å². The average Bonchev–Trinajstić information content (AvgIpc) is 3.28. The summed E-state index contributed by atoms with van der Waals surface area (Å²) in [6.07, 6.45) is 0.0909. The van der Waals surface area contributed by atoms with E-state index in [1.165, 1.54) is 10.8 Å². The molecule has 8 heteroatoms. The highest BCUT2D eigenvalue weighted by Crippen LogP contribution is 2.55. The number of hydrogen-bond donors (Lipinski definition) is 1. The lowest BCUT2D eigenvalue weighted by Crippen LogP contribution is -2.50. The van der Waals surface area contributed by atoms with Crippen molar-refractivity contribution in [1.29, 1.82) is 0 Å². The number of ketones is 1. The van der Waals surface area contributed by atoms with Gasteiger partial charge in [-0.1, -0.05) is 67.6 Å². The van der Waals surface area contributed by atoms with Gasteiger partial charge < -0.3 is 14.2 Å². The van der Waals surface area contributed by atoms with Crippen molar-refractivity contribution in [2.45, 2.75) is 45.0 Å². The van der Waals surface area contributed by atoms with Gasteiger partial charge in [-0.05, 0) is 18.1 Å². The van der Waals surface area contributed by atoms with Crippen LogP contribution in [0.2, 0.25) is 0 Å². The quantitative estimate of drug-likeness (QED) is 0.537. The van der Waals surface area contributed by atoms with E-state index in [0.29, 0.717) is 12.2 Å². The molecule has 2 heterocycles. The molecule has 182 valence electrons. The van der Waals surface area contributed by atoms with Gasteiger partial charge in [-0.15, -0.1) is 0 Å². The Morgan fingerprint density at radius 2 is 1.60 bits per heavy atom. The second kappa shape index (κ2) is 9.37. The molecule has 0 radical (unpaired) electrons. The first-order valence-electron chi connectivity index (χ1n) is 11.7. The summed E-state index contributed by atoms with van der Waals surface area (Å²) < 4.78 is 20.1. The smallest absolute Gasteiger partial charge is 0.330 e. The molecule has 1 aromatic heterocycles. The van der Waals surface area contributed by atoms with Crippen LogP contribution in [0.15, 0.2) is 76.4 Å². The largest absolute Gasteiger partial charge is 0.373 e. The van der Waals surface area contributed by atoms with Crippen molar-refractivity contribution in [3.63, 3.8) is 0 Å². The Labute approximate surface area is 202 Å². The summed E-state index contributed by atoms with van der Waals surface area (Å²) >= 11 is 0. The third-order valence-electron chi connectivity index (χ3n) is 7.00. The van der Waals surface area contributed by atoms with E-state index in [1.54, 1.807) is 6.92 Å². The molecule has 3 aromatic rings. The van der Waals surface area contributed by atoms with Crippen LogP contribution in [0.4, 0.5) is 0 Å². The van der Waals surface area contributed by atoms with Crippen LogP contribution in [0, 0.1) is 18.8 Å². The van der Waals surface area contributed by atoms with Crippen molar-refractivity contribution in [3.05, 3.63) is 104 Å². The molecule has 1 saturated carbocycles. The van der Waals surface area contributed by atoms with Crippen molar-refractivity contribution in [3.8, 4) is 0 Å².